The molecule has 0 aliphatic rings. The van der Waals surface area contributed by atoms with Gasteiger partial charge in [-0.25, -0.2) is 4.99 Å². The molecule has 0 unspecified atom stereocenters. The maximum atomic E-state index is 4.62. The molecule has 2 rings (SSSR count). The number of halogens is 1. The molecule has 0 aliphatic heterocycles. The summed E-state index contributed by atoms with van der Waals surface area (Å²) in [7, 11) is 2.03. The molecular formula is C18H27IN4. The molecule has 1 aromatic carbocycles. The Labute approximate surface area is 156 Å². The van der Waals surface area contributed by atoms with Crippen molar-refractivity contribution in [1.82, 2.24) is 15.2 Å². The van der Waals surface area contributed by atoms with Crippen LogP contribution in [-0.2, 0) is 20.0 Å². The van der Waals surface area contributed by atoms with Gasteiger partial charge in [0.15, 0.2) is 5.96 Å². The van der Waals surface area contributed by atoms with Crippen molar-refractivity contribution in [2.24, 2.45) is 12.0 Å². The monoisotopic (exact) mass is 426 g/mol. The maximum Gasteiger partial charge on any atom is 0.191 e. The van der Waals surface area contributed by atoms with Crippen molar-refractivity contribution < 1.29 is 0 Å². The van der Waals surface area contributed by atoms with Crippen LogP contribution in [0, 0.1) is 0 Å². The van der Waals surface area contributed by atoms with E-state index in [1.54, 1.807) is 0 Å². The molecule has 0 radical (unpaired) electrons. The van der Waals surface area contributed by atoms with Crippen molar-refractivity contribution >= 4 is 29.9 Å². The van der Waals surface area contributed by atoms with Crippen LogP contribution in [0.4, 0.5) is 0 Å². The van der Waals surface area contributed by atoms with Gasteiger partial charge in [0.1, 0.15) is 0 Å². The number of hydrogen-bond acceptors (Lipinski definition) is 1. The van der Waals surface area contributed by atoms with Crippen LogP contribution in [0.5, 0.6) is 0 Å². The number of benzene rings is 1. The molecule has 1 aromatic heterocycles. The molecule has 126 valence electrons. The predicted molar refractivity (Wildman–Crippen MR) is 108 cm³/mol. The van der Waals surface area contributed by atoms with Crippen LogP contribution in [0.1, 0.15) is 24.5 Å². The Morgan fingerprint density at radius 3 is 2.52 bits per heavy atom. The van der Waals surface area contributed by atoms with Crippen LogP contribution in [0.3, 0.4) is 0 Å². The fourth-order valence-corrected chi connectivity index (χ4v) is 2.31. The summed E-state index contributed by atoms with van der Waals surface area (Å²) in [4.78, 5) is 4.62. The third kappa shape index (κ3) is 7.54. The molecule has 2 N–H and O–H groups in total. The zero-order valence-electron chi connectivity index (χ0n) is 14.0. The van der Waals surface area contributed by atoms with Crippen LogP contribution >= 0.6 is 24.0 Å². The van der Waals surface area contributed by atoms with Gasteiger partial charge in [0.25, 0.3) is 0 Å². The minimum Gasteiger partial charge on any atom is -0.357 e. The number of rotatable bonds is 7. The van der Waals surface area contributed by atoms with Crippen molar-refractivity contribution in [3.63, 3.8) is 0 Å². The van der Waals surface area contributed by atoms with Crippen molar-refractivity contribution in [2.45, 2.75) is 26.3 Å². The predicted octanol–water partition coefficient (Wildman–Crippen LogP) is 3.33. The van der Waals surface area contributed by atoms with E-state index in [-0.39, 0.29) is 24.0 Å². The molecule has 0 bridgehead atoms. The van der Waals surface area contributed by atoms with Crippen LogP contribution in [0.2, 0.25) is 0 Å². The van der Waals surface area contributed by atoms with E-state index in [1.165, 1.54) is 11.1 Å². The minimum absolute atomic E-state index is 0. The highest BCUT2D eigenvalue weighted by molar-refractivity contribution is 14.0. The van der Waals surface area contributed by atoms with E-state index in [4.69, 9.17) is 0 Å². The molecule has 4 nitrogen and oxygen atoms in total. The molecule has 23 heavy (non-hydrogen) atoms. The molecule has 0 saturated heterocycles. The highest BCUT2D eigenvalue weighted by Gasteiger charge is 1.99. The van der Waals surface area contributed by atoms with Gasteiger partial charge in [0.2, 0.25) is 0 Å². The van der Waals surface area contributed by atoms with Crippen LogP contribution in [0.25, 0.3) is 0 Å². The molecule has 5 heteroatoms. The van der Waals surface area contributed by atoms with Gasteiger partial charge >= 0.3 is 0 Å². The van der Waals surface area contributed by atoms with Crippen LogP contribution < -0.4 is 10.6 Å². The number of nitrogens with zero attached hydrogens (tertiary/aromatic N) is 2. The fraction of sp³-hybridized carbons (Fsp3) is 0.389. The minimum atomic E-state index is 0. The lowest BCUT2D eigenvalue weighted by Crippen LogP contribution is -2.37. The summed E-state index contributed by atoms with van der Waals surface area (Å²) < 4.78 is 2.05. The van der Waals surface area contributed by atoms with Gasteiger partial charge in [0.05, 0.1) is 6.54 Å². The van der Waals surface area contributed by atoms with E-state index >= 15 is 0 Å². The van der Waals surface area contributed by atoms with Gasteiger partial charge in [-0.15, -0.1) is 24.0 Å². The number of aliphatic imine (C=N–C) groups is 1. The Bertz CT molecular complexity index is 578. The normalized spacial score (nSPS) is 11.0. The van der Waals surface area contributed by atoms with Crippen LogP contribution in [0.15, 0.2) is 53.8 Å². The molecule has 0 spiro atoms. The molecule has 0 saturated carbocycles. The number of aryl methyl sites for hydroxylation is 2. The number of hydrogen-bond donors (Lipinski definition) is 2. The number of nitrogens with one attached hydrogen (secondary N) is 2. The average Bonchev–Trinajstić information content (AvgIpc) is 2.95. The summed E-state index contributed by atoms with van der Waals surface area (Å²) in [5, 5.41) is 6.69. The summed E-state index contributed by atoms with van der Waals surface area (Å²) in [6.45, 7) is 4.59. The third-order valence-corrected chi connectivity index (χ3v) is 3.43. The maximum absolute atomic E-state index is 4.62. The van der Waals surface area contributed by atoms with Crippen molar-refractivity contribution in [3.05, 3.63) is 59.9 Å². The summed E-state index contributed by atoms with van der Waals surface area (Å²) in [5.74, 6) is 0.888. The lowest BCUT2D eigenvalue weighted by atomic mass is 10.1. The topological polar surface area (TPSA) is 41.4 Å². The first-order chi connectivity index (χ1) is 10.8. The Kier molecular flexibility index (Phi) is 9.43. The Morgan fingerprint density at radius 2 is 1.87 bits per heavy atom. The molecule has 2 aromatic rings. The van der Waals surface area contributed by atoms with Crippen LogP contribution in [-0.4, -0.2) is 23.6 Å². The van der Waals surface area contributed by atoms with Gasteiger partial charge in [-0.2, -0.15) is 0 Å². The molecule has 0 amide bonds. The zero-order chi connectivity index (χ0) is 15.6. The van der Waals surface area contributed by atoms with E-state index in [2.05, 4.69) is 65.1 Å². The Hall–Kier alpha value is -1.50. The number of aromatic nitrogens is 1. The van der Waals surface area contributed by atoms with E-state index in [1.807, 2.05) is 17.8 Å². The van der Waals surface area contributed by atoms with Crippen molar-refractivity contribution in [3.8, 4) is 0 Å². The molecule has 0 atom stereocenters. The van der Waals surface area contributed by atoms with Gasteiger partial charge in [-0.05, 0) is 37.0 Å². The van der Waals surface area contributed by atoms with E-state index in [0.29, 0.717) is 6.54 Å². The first-order valence-electron chi connectivity index (χ1n) is 7.95. The second-order valence-electron chi connectivity index (χ2n) is 5.40. The number of guanidine groups is 1. The lowest BCUT2D eigenvalue weighted by Gasteiger charge is -2.11. The van der Waals surface area contributed by atoms with Gasteiger partial charge in [0, 0.05) is 32.5 Å². The summed E-state index contributed by atoms with van der Waals surface area (Å²) >= 11 is 0. The molecular weight excluding hydrogens is 399 g/mol. The highest BCUT2D eigenvalue weighted by atomic mass is 127. The summed E-state index contributed by atoms with van der Waals surface area (Å²) in [6.07, 6.45) is 6.33. The highest BCUT2D eigenvalue weighted by Crippen LogP contribution is 2.02. The fourth-order valence-electron chi connectivity index (χ4n) is 2.31. The molecule has 0 fully saturated rings. The van der Waals surface area contributed by atoms with Crippen molar-refractivity contribution in [1.29, 1.82) is 0 Å². The average molecular weight is 426 g/mol. The standard InChI is InChI=1S/C18H26N4.HI/c1-3-19-18(21-14-17-11-13-22(2)15-17)20-12-7-10-16-8-5-4-6-9-16;/h4-6,8-9,11,13,15H,3,7,10,12,14H2,1-2H3,(H2,19,20,21);1H. The SMILES string of the molecule is CCNC(=NCc1ccn(C)c1)NCCCc1ccccc1.I. The van der Waals surface area contributed by atoms with Gasteiger partial charge < -0.3 is 15.2 Å². The van der Waals surface area contributed by atoms with Crippen molar-refractivity contribution in [2.75, 3.05) is 13.1 Å². The van der Waals surface area contributed by atoms with E-state index in [0.717, 1.165) is 31.9 Å². The quantitative estimate of drug-likeness (QED) is 0.309. The largest absolute Gasteiger partial charge is 0.357 e. The lowest BCUT2D eigenvalue weighted by molar-refractivity contribution is 0.743. The zero-order valence-corrected chi connectivity index (χ0v) is 16.3. The summed E-state index contributed by atoms with van der Waals surface area (Å²) in [5.41, 5.74) is 2.61. The smallest absolute Gasteiger partial charge is 0.191 e. The Balaban J connectivity index is 0.00000264. The van der Waals surface area contributed by atoms with Gasteiger partial charge in [-0.3, -0.25) is 0 Å². The third-order valence-electron chi connectivity index (χ3n) is 3.43. The Morgan fingerprint density at radius 1 is 1.09 bits per heavy atom. The van der Waals surface area contributed by atoms with E-state index < -0.39 is 0 Å². The first kappa shape index (κ1) is 19.5. The van der Waals surface area contributed by atoms with Gasteiger partial charge in [-0.1, -0.05) is 30.3 Å². The molecule has 1 heterocycles. The first-order valence-corrected chi connectivity index (χ1v) is 7.95. The molecule has 0 aliphatic carbocycles. The summed E-state index contributed by atoms with van der Waals surface area (Å²) in [6, 6.07) is 12.7. The van der Waals surface area contributed by atoms with E-state index in [9.17, 15) is 0 Å². The second kappa shape index (κ2) is 11.1. The second-order valence-corrected chi connectivity index (χ2v) is 5.40.